The Morgan fingerprint density at radius 1 is 1.19 bits per heavy atom. The van der Waals surface area contributed by atoms with Crippen molar-refractivity contribution >= 4 is 12.6 Å². The molecule has 1 fully saturated rings. The van der Waals surface area contributed by atoms with E-state index in [1.165, 1.54) is 0 Å². The lowest BCUT2D eigenvalue weighted by molar-refractivity contribution is -0.137. The van der Waals surface area contributed by atoms with Gasteiger partial charge in [-0.2, -0.15) is 13.2 Å². The summed E-state index contributed by atoms with van der Waals surface area (Å²) < 4.78 is 37.4. The van der Waals surface area contributed by atoms with Gasteiger partial charge in [0.15, 0.2) is 0 Å². The van der Waals surface area contributed by atoms with Crippen LogP contribution in [-0.2, 0) is 6.18 Å². The first-order chi connectivity index (χ1) is 7.39. The minimum atomic E-state index is -4.39. The van der Waals surface area contributed by atoms with Crippen LogP contribution in [0.5, 0.6) is 0 Å². The summed E-state index contributed by atoms with van der Waals surface area (Å²) in [5.41, 5.74) is -0.154. The standard InChI is InChI=1S/C10H10BF3O2/c12-10(13,14)7-3-4-9(11(15)16)8(5-7)6-1-2-6/h3-6,15-16H,1-2H2. The van der Waals surface area contributed by atoms with Gasteiger partial charge in [-0.3, -0.25) is 0 Å². The topological polar surface area (TPSA) is 40.5 Å². The van der Waals surface area contributed by atoms with Gasteiger partial charge >= 0.3 is 13.3 Å². The fraction of sp³-hybridized carbons (Fsp3) is 0.400. The van der Waals surface area contributed by atoms with Crippen LogP contribution in [0.15, 0.2) is 18.2 Å². The van der Waals surface area contributed by atoms with E-state index in [0.29, 0.717) is 5.56 Å². The highest BCUT2D eigenvalue weighted by Crippen LogP contribution is 2.41. The van der Waals surface area contributed by atoms with Gasteiger partial charge in [0.2, 0.25) is 0 Å². The van der Waals surface area contributed by atoms with Gasteiger partial charge in [0.1, 0.15) is 0 Å². The summed E-state index contributed by atoms with van der Waals surface area (Å²) in [5, 5.41) is 18.1. The highest BCUT2D eigenvalue weighted by atomic mass is 19.4. The Hall–Kier alpha value is -1.01. The zero-order valence-corrected chi connectivity index (χ0v) is 8.33. The van der Waals surface area contributed by atoms with Crippen LogP contribution in [0.2, 0.25) is 0 Å². The van der Waals surface area contributed by atoms with E-state index in [0.717, 1.165) is 31.0 Å². The summed E-state index contributed by atoms with van der Waals surface area (Å²) in [5.74, 6) is 0.0408. The van der Waals surface area contributed by atoms with Gasteiger partial charge < -0.3 is 10.0 Å². The molecule has 0 atom stereocenters. The molecule has 6 heteroatoms. The summed E-state index contributed by atoms with van der Waals surface area (Å²) in [4.78, 5) is 0. The summed E-state index contributed by atoms with van der Waals surface area (Å²) in [7, 11) is -1.71. The largest absolute Gasteiger partial charge is 0.488 e. The van der Waals surface area contributed by atoms with E-state index in [1.807, 2.05) is 0 Å². The Morgan fingerprint density at radius 3 is 2.25 bits per heavy atom. The molecule has 0 heterocycles. The van der Waals surface area contributed by atoms with Crippen LogP contribution in [0.3, 0.4) is 0 Å². The lowest BCUT2D eigenvalue weighted by Crippen LogP contribution is -2.33. The van der Waals surface area contributed by atoms with Crippen LogP contribution in [0.25, 0.3) is 0 Å². The van der Waals surface area contributed by atoms with E-state index in [4.69, 9.17) is 10.0 Å². The van der Waals surface area contributed by atoms with Gasteiger partial charge in [0.05, 0.1) is 5.56 Å². The number of benzene rings is 1. The summed E-state index contributed by atoms with van der Waals surface area (Å²) in [6, 6.07) is 3.04. The Balaban J connectivity index is 2.44. The number of halogens is 3. The van der Waals surface area contributed by atoms with Crippen LogP contribution in [0, 0.1) is 0 Å². The molecular formula is C10H10BF3O2. The molecule has 16 heavy (non-hydrogen) atoms. The van der Waals surface area contributed by atoms with Crippen LogP contribution in [-0.4, -0.2) is 17.2 Å². The lowest BCUT2D eigenvalue weighted by Gasteiger charge is -2.12. The Kier molecular flexibility index (Phi) is 2.71. The number of rotatable bonds is 2. The smallest absolute Gasteiger partial charge is 0.423 e. The first-order valence-corrected chi connectivity index (χ1v) is 4.97. The van der Waals surface area contributed by atoms with Crippen molar-refractivity contribution in [1.82, 2.24) is 0 Å². The number of hydrogen-bond donors (Lipinski definition) is 2. The molecule has 0 saturated heterocycles. The third kappa shape index (κ3) is 2.22. The molecule has 0 radical (unpaired) electrons. The van der Waals surface area contributed by atoms with E-state index >= 15 is 0 Å². The molecule has 2 rings (SSSR count). The van der Waals surface area contributed by atoms with Crippen LogP contribution in [0.4, 0.5) is 13.2 Å². The Morgan fingerprint density at radius 2 is 1.81 bits per heavy atom. The maximum Gasteiger partial charge on any atom is 0.488 e. The molecule has 86 valence electrons. The maximum atomic E-state index is 12.5. The normalized spacial score (nSPS) is 16.3. The highest BCUT2D eigenvalue weighted by molar-refractivity contribution is 6.59. The van der Waals surface area contributed by atoms with Crippen LogP contribution in [0.1, 0.15) is 29.9 Å². The van der Waals surface area contributed by atoms with Gasteiger partial charge in [-0.1, -0.05) is 12.1 Å². The van der Waals surface area contributed by atoms with E-state index in [1.54, 1.807) is 0 Å². The summed E-state index contributed by atoms with van der Waals surface area (Å²) >= 11 is 0. The molecule has 0 amide bonds. The monoisotopic (exact) mass is 230 g/mol. The predicted molar refractivity (Wildman–Crippen MR) is 53.2 cm³/mol. The maximum absolute atomic E-state index is 12.5. The van der Waals surface area contributed by atoms with E-state index < -0.39 is 18.9 Å². The van der Waals surface area contributed by atoms with Gasteiger partial charge in [-0.15, -0.1) is 0 Å². The predicted octanol–water partition coefficient (Wildman–Crippen LogP) is 1.26. The zero-order valence-electron chi connectivity index (χ0n) is 8.33. The first-order valence-electron chi connectivity index (χ1n) is 4.97. The minimum Gasteiger partial charge on any atom is -0.423 e. The SMILES string of the molecule is OB(O)c1ccc(C(F)(F)F)cc1C1CC1. The third-order valence-corrected chi connectivity index (χ3v) is 2.71. The molecule has 0 spiro atoms. The average molecular weight is 230 g/mol. The van der Waals surface area contributed by atoms with Crippen molar-refractivity contribution in [3.8, 4) is 0 Å². The molecule has 0 aromatic heterocycles. The Bertz CT molecular complexity index is 400. The van der Waals surface area contributed by atoms with Crippen molar-refractivity contribution in [2.24, 2.45) is 0 Å². The molecule has 1 saturated carbocycles. The second-order valence-electron chi connectivity index (χ2n) is 3.99. The average Bonchev–Trinajstić information content (AvgIpc) is 2.98. The molecule has 1 aliphatic rings. The highest BCUT2D eigenvalue weighted by Gasteiger charge is 2.35. The van der Waals surface area contributed by atoms with Gasteiger partial charge in [0, 0.05) is 0 Å². The lowest BCUT2D eigenvalue weighted by atomic mass is 9.75. The molecular weight excluding hydrogens is 220 g/mol. The fourth-order valence-electron chi connectivity index (χ4n) is 1.73. The van der Waals surface area contributed by atoms with Crippen LogP contribution >= 0.6 is 0 Å². The molecule has 0 aliphatic heterocycles. The van der Waals surface area contributed by atoms with Crippen LogP contribution < -0.4 is 5.46 Å². The first kappa shape index (κ1) is 11.5. The molecule has 0 unspecified atom stereocenters. The van der Waals surface area contributed by atoms with Crippen molar-refractivity contribution in [3.63, 3.8) is 0 Å². The number of hydrogen-bond acceptors (Lipinski definition) is 2. The molecule has 0 bridgehead atoms. The quantitative estimate of drug-likeness (QED) is 0.751. The minimum absolute atomic E-state index is 0.0408. The second-order valence-corrected chi connectivity index (χ2v) is 3.99. The van der Waals surface area contributed by atoms with Crippen molar-refractivity contribution in [2.75, 3.05) is 0 Å². The van der Waals surface area contributed by atoms with Crippen molar-refractivity contribution in [2.45, 2.75) is 24.9 Å². The zero-order chi connectivity index (χ0) is 11.9. The van der Waals surface area contributed by atoms with Gasteiger partial charge in [-0.25, -0.2) is 0 Å². The third-order valence-electron chi connectivity index (χ3n) is 2.71. The summed E-state index contributed by atoms with van der Waals surface area (Å²) in [6.07, 6.45) is -2.77. The molecule has 2 nitrogen and oxygen atoms in total. The summed E-state index contributed by atoms with van der Waals surface area (Å²) in [6.45, 7) is 0. The molecule has 1 aromatic carbocycles. The van der Waals surface area contributed by atoms with E-state index in [-0.39, 0.29) is 11.4 Å². The van der Waals surface area contributed by atoms with Gasteiger partial charge in [0.25, 0.3) is 0 Å². The second kappa shape index (κ2) is 3.78. The van der Waals surface area contributed by atoms with Crippen molar-refractivity contribution in [3.05, 3.63) is 29.3 Å². The van der Waals surface area contributed by atoms with Crippen molar-refractivity contribution in [1.29, 1.82) is 0 Å². The molecule has 1 aliphatic carbocycles. The fourth-order valence-corrected chi connectivity index (χ4v) is 1.73. The molecule has 1 aromatic rings. The molecule has 2 N–H and O–H groups in total. The van der Waals surface area contributed by atoms with E-state index in [9.17, 15) is 13.2 Å². The Labute approximate surface area is 90.9 Å². The van der Waals surface area contributed by atoms with E-state index in [2.05, 4.69) is 0 Å². The number of alkyl halides is 3. The van der Waals surface area contributed by atoms with Crippen molar-refractivity contribution < 1.29 is 23.2 Å². The van der Waals surface area contributed by atoms with Gasteiger partial charge in [-0.05, 0) is 35.9 Å².